The predicted octanol–water partition coefficient (Wildman–Crippen LogP) is 6.50. The van der Waals surface area contributed by atoms with E-state index >= 15 is 0 Å². The van der Waals surface area contributed by atoms with Crippen LogP contribution in [0.2, 0.25) is 5.02 Å². The maximum Gasteiger partial charge on any atom is 0.416 e. The Morgan fingerprint density at radius 3 is 2.52 bits per heavy atom. The van der Waals surface area contributed by atoms with Crippen molar-refractivity contribution in [2.24, 2.45) is 0 Å². The maximum atomic E-state index is 12.7. The van der Waals surface area contributed by atoms with Crippen LogP contribution in [0.25, 0.3) is 0 Å². The summed E-state index contributed by atoms with van der Waals surface area (Å²) in [6, 6.07) is 9.63. The number of carbonyl (C=O) groups is 1. The van der Waals surface area contributed by atoms with Crippen molar-refractivity contribution in [2.75, 3.05) is 0 Å². The van der Waals surface area contributed by atoms with Crippen LogP contribution < -0.4 is 10.1 Å². The quantitative estimate of drug-likeness (QED) is 0.307. The smallest absolute Gasteiger partial charge is 0.416 e. The molecule has 2 atom stereocenters. The molecular weight excluding hydrogens is 568 g/mol. The van der Waals surface area contributed by atoms with Crippen LogP contribution in [0.4, 0.5) is 13.2 Å². The van der Waals surface area contributed by atoms with Crippen LogP contribution in [0.3, 0.4) is 0 Å². The Morgan fingerprint density at radius 2 is 1.91 bits per heavy atom. The highest BCUT2D eigenvalue weighted by Gasteiger charge is 2.31. The largest absolute Gasteiger partial charge is 0.487 e. The second kappa shape index (κ2) is 14.7. The molecule has 2 radical (unpaired) electrons. The Hall–Kier alpha value is -1.46. The van der Waals surface area contributed by atoms with Gasteiger partial charge in [-0.05, 0) is 61.6 Å². The second-order valence-electron chi connectivity index (χ2n) is 7.12. The van der Waals surface area contributed by atoms with Gasteiger partial charge in [-0.2, -0.15) is 35.5 Å². The lowest BCUT2D eigenvalue weighted by molar-refractivity contribution is -0.137. The third-order valence-electron chi connectivity index (χ3n) is 4.82. The molecule has 180 valence electrons. The average Bonchev–Trinajstić information content (AvgIpc) is 2.80. The Bertz CT molecular complexity index is 886. The summed E-state index contributed by atoms with van der Waals surface area (Å²) in [4.78, 5) is 12.5. The van der Waals surface area contributed by atoms with Crippen LogP contribution in [0.5, 0.6) is 5.75 Å². The monoisotopic (exact) mass is 595 g/mol. The number of rotatable bonds is 5. The van der Waals surface area contributed by atoms with Crippen molar-refractivity contribution in [1.29, 1.82) is 0 Å². The molecule has 33 heavy (non-hydrogen) atoms. The third-order valence-corrected chi connectivity index (χ3v) is 5.12. The minimum Gasteiger partial charge on any atom is -0.487 e. The summed E-state index contributed by atoms with van der Waals surface area (Å²) < 4.78 is 43.7. The van der Waals surface area contributed by atoms with Gasteiger partial charge in [-0.15, -0.1) is 0 Å². The zero-order valence-corrected chi connectivity index (χ0v) is 21.4. The molecule has 2 aromatic rings. The summed E-state index contributed by atoms with van der Waals surface area (Å²) in [5.74, 6) is -0.107. The number of ether oxygens (including phenoxy) is 1. The van der Waals surface area contributed by atoms with Crippen LogP contribution in [0.15, 0.2) is 42.5 Å². The molecule has 1 amide bonds. The van der Waals surface area contributed by atoms with Gasteiger partial charge in [0.1, 0.15) is 12.4 Å². The number of hydrogen-bond donors (Lipinski definition) is 2. The van der Waals surface area contributed by atoms with Crippen molar-refractivity contribution >= 4 is 45.6 Å². The van der Waals surface area contributed by atoms with E-state index in [2.05, 4.69) is 11.0 Å². The summed E-state index contributed by atoms with van der Waals surface area (Å²) in [5, 5.41) is 12.5. The molecule has 2 unspecified atom stereocenters. The molecule has 1 saturated carbocycles. The van der Waals surface area contributed by atoms with Gasteiger partial charge in [0.25, 0.3) is 5.91 Å². The Labute approximate surface area is 212 Å². The highest BCUT2D eigenvalue weighted by Crippen LogP contribution is 2.35. The second-order valence-corrected chi connectivity index (χ2v) is 7.53. The van der Waals surface area contributed by atoms with Crippen LogP contribution in [0, 0.1) is 0 Å². The lowest BCUT2D eigenvalue weighted by Gasteiger charge is -2.26. The molecule has 1 aliphatic rings. The van der Waals surface area contributed by atoms with E-state index in [0.29, 0.717) is 17.5 Å². The Balaban J connectivity index is 0.00000129. The summed E-state index contributed by atoms with van der Waals surface area (Å²) in [5.41, 5.74) is 4.75. The number of hydrogen-bond acceptors (Lipinski definition) is 3. The standard InChI is InChI=1S/C21H21ClF3NO3.C2H6.BI/c22-18-10-15(21(23,24)25)7-8-19(18)29-12-13-3-1-4-14(9-13)20(28)26-16-5-2-6-17(27)11-16;2*1-2/h1,3-4,7-10,16-17,27H,2,5-6,11-12H2,(H,26,28);1-2H3;. The molecular formula is C23H27BClF3INO3. The molecule has 3 rings (SSSR count). The lowest BCUT2D eigenvalue weighted by atomic mass is 9.93. The molecule has 2 aromatic carbocycles. The fourth-order valence-corrected chi connectivity index (χ4v) is 3.56. The van der Waals surface area contributed by atoms with Gasteiger partial charge in [0.15, 0.2) is 5.70 Å². The molecule has 0 bridgehead atoms. The number of aliphatic hydroxyl groups excluding tert-OH is 1. The van der Waals surface area contributed by atoms with Gasteiger partial charge < -0.3 is 15.2 Å². The molecule has 1 fully saturated rings. The number of alkyl halides is 3. The van der Waals surface area contributed by atoms with Crippen LogP contribution >= 0.6 is 34.0 Å². The highest BCUT2D eigenvalue weighted by atomic mass is 127. The van der Waals surface area contributed by atoms with E-state index in [1.807, 2.05) is 13.8 Å². The van der Waals surface area contributed by atoms with E-state index in [9.17, 15) is 23.1 Å². The number of carbonyl (C=O) groups excluding carboxylic acids is 1. The average molecular weight is 596 g/mol. The zero-order chi connectivity index (χ0) is 25.0. The van der Waals surface area contributed by atoms with Gasteiger partial charge in [0, 0.05) is 11.6 Å². The molecule has 0 aromatic heterocycles. The van der Waals surface area contributed by atoms with Gasteiger partial charge >= 0.3 is 6.18 Å². The summed E-state index contributed by atoms with van der Waals surface area (Å²) in [6.07, 6.45) is -1.86. The molecule has 2 N–H and O–H groups in total. The molecule has 0 saturated heterocycles. The molecule has 0 heterocycles. The molecule has 4 nitrogen and oxygen atoms in total. The van der Waals surface area contributed by atoms with Crippen molar-refractivity contribution < 1.29 is 27.8 Å². The van der Waals surface area contributed by atoms with Crippen molar-refractivity contribution in [1.82, 2.24) is 5.32 Å². The Kier molecular flexibility index (Phi) is 13.2. The normalized spacial score (nSPS) is 17.6. The first-order valence-electron chi connectivity index (χ1n) is 10.5. The van der Waals surface area contributed by atoms with E-state index in [4.69, 9.17) is 16.3 Å². The van der Waals surface area contributed by atoms with Crippen molar-refractivity contribution in [3.8, 4) is 5.75 Å². The molecule has 1 aliphatic carbocycles. The number of aliphatic hydroxyl groups is 1. The topological polar surface area (TPSA) is 58.6 Å². The summed E-state index contributed by atoms with van der Waals surface area (Å²) >= 11 is 7.54. The van der Waals surface area contributed by atoms with Crippen molar-refractivity contribution in [3.05, 3.63) is 64.2 Å². The van der Waals surface area contributed by atoms with E-state index in [-0.39, 0.29) is 35.4 Å². The van der Waals surface area contributed by atoms with Gasteiger partial charge in [-0.1, -0.05) is 37.6 Å². The first-order chi connectivity index (χ1) is 15.7. The first kappa shape index (κ1) is 29.6. The van der Waals surface area contributed by atoms with Crippen LogP contribution in [-0.4, -0.2) is 28.9 Å². The van der Waals surface area contributed by atoms with E-state index in [1.165, 1.54) is 6.07 Å². The lowest BCUT2D eigenvalue weighted by Crippen LogP contribution is -2.39. The van der Waals surface area contributed by atoms with Crippen molar-refractivity contribution in [3.63, 3.8) is 0 Å². The number of nitrogens with one attached hydrogen (secondary N) is 1. The fraction of sp³-hybridized carbons (Fsp3) is 0.435. The number of halogens is 5. The highest BCUT2D eigenvalue weighted by molar-refractivity contribution is 14.1. The third kappa shape index (κ3) is 9.74. The number of amides is 1. The van der Waals surface area contributed by atoms with E-state index < -0.39 is 11.7 Å². The van der Waals surface area contributed by atoms with E-state index in [1.54, 1.807) is 46.6 Å². The SMILES string of the molecule is CC.O=C(NC1CCCC(O)C1)c1cccc(COc2ccc(C(F)(F)F)cc2Cl)c1.[B]I. The first-order valence-corrected chi connectivity index (χ1v) is 12.1. The number of benzene rings is 2. The minimum atomic E-state index is -4.47. The molecule has 0 aliphatic heterocycles. The minimum absolute atomic E-state index is 0.0499. The molecule has 10 heteroatoms. The Morgan fingerprint density at radius 1 is 1.21 bits per heavy atom. The van der Waals surface area contributed by atoms with Crippen LogP contribution in [0.1, 0.15) is 61.0 Å². The van der Waals surface area contributed by atoms with Gasteiger partial charge in [-0.25, -0.2) is 0 Å². The summed E-state index contributed by atoms with van der Waals surface area (Å²) in [6.45, 7) is 4.05. The fourth-order valence-electron chi connectivity index (χ4n) is 3.32. The van der Waals surface area contributed by atoms with Gasteiger partial charge in [0.2, 0.25) is 0 Å². The van der Waals surface area contributed by atoms with Gasteiger partial charge in [-0.3, -0.25) is 4.79 Å². The predicted molar refractivity (Wildman–Crippen MR) is 134 cm³/mol. The summed E-state index contributed by atoms with van der Waals surface area (Å²) in [7, 11) is 0. The zero-order valence-electron chi connectivity index (χ0n) is 18.5. The van der Waals surface area contributed by atoms with E-state index in [0.717, 1.165) is 31.4 Å². The molecule has 0 spiro atoms. The van der Waals surface area contributed by atoms with Gasteiger partial charge in [0.05, 0.1) is 16.7 Å². The van der Waals surface area contributed by atoms with Crippen molar-refractivity contribution in [2.45, 2.75) is 64.5 Å². The van der Waals surface area contributed by atoms with Crippen LogP contribution in [-0.2, 0) is 12.8 Å². The maximum absolute atomic E-state index is 12.7.